The summed E-state index contributed by atoms with van der Waals surface area (Å²) in [5, 5.41) is 21.3. The van der Waals surface area contributed by atoms with Crippen molar-refractivity contribution in [2.24, 2.45) is 17.3 Å². The molecule has 176 valence electrons. The Labute approximate surface area is 184 Å². The molecule has 0 radical (unpaired) electrons. The van der Waals surface area contributed by atoms with E-state index in [2.05, 4.69) is 21.3 Å². The molecule has 0 unspecified atom stereocenters. The van der Waals surface area contributed by atoms with Crippen molar-refractivity contribution in [1.82, 2.24) is 21.3 Å². The Kier molecular flexibility index (Phi) is 8.16. The van der Waals surface area contributed by atoms with Gasteiger partial charge in [-0.25, -0.2) is 4.79 Å². The molecule has 1 saturated carbocycles. The first kappa shape index (κ1) is 23.8. The molecule has 3 amide bonds. The van der Waals surface area contributed by atoms with Gasteiger partial charge in [0, 0.05) is 12.5 Å². The number of hydrogen-bond acceptors (Lipinski definition) is 6. The zero-order valence-electron chi connectivity index (χ0n) is 18.7. The van der Waals surface area contributed by atoms with E-state index in [1.165, 1.54) is 0 Å². The van der Waals surface area contributed by atoms with Crippen LogP contribution in [-0.4, -0.2) is 67.4 Å². The second kappa shape index (κ2) is 10.6. The Morgan fingerprint density at radius 2 is 1.90 bits per heavy atom. The third-order valence-electron chi connectivity index (χ3n) is 6.87. The van der Waals surface area contributed by atoms with Gasteiger partial charge in [-0.1, -0.05) is 13.8 Å². The molecule has 3 aliphatic rings. The number of aliphatic hydroxyl groups excluding tert-OH is 1. The SMILES string of the molecule is CC(C)C[C@H](NC(=O)OC1CC2(CCNCC2)C1)C(=O)N[C@H](CO)C[C@@H]1CCNC1=O. The first-order chi connectivity index (χ1) is 14.8. The average Bonchev–Trinajstić information content (AvgIpc) is 3.10. The summed E-state index contributed by atoms with van der Waals surface area (Å²) >= 11 is 0. The van der Waals surface area contributed by atoms with Crippen molar-refractivity contribution in [2.45, 2.75) is 77.0 Å². The Hall–Kier alpha value is -1.87. The number of alkyl carbamates (subject to hydrolysis) is 1. The first-order valence-corrected chi connectivity index (χ1v) is 11.7. The Morgan fingerprint density at radius 3 is 2.48 bits per heavy atom. The van der Waals surface area contributed by atoms with Crippen molar-refractivity contribution in [1.29, 1.82) is 0 Å². The molecule has 5 N–H and O–H groups in total. The van der Waals surface area contributed by atoms with Crippen LogP contribution in [0.1, 0.15) is 58.8 Å². The molecule has 9 heteroatoms. The van der Waals surface area contributed by atoms with Crippen LogP contribution in [0.15, 0.2) is 0 Å². The van der Waals surface area contributed by atoms with Crippen LogP contribution >= 0.6 is 0 Å². The predicted octanol–water partition coefficient (Wildman–Crippen LogP) is 0.663. The summed E-state index contributed by atoms with van der Waals surface area (Å²) in [7, 11) is 0. The lowest BCUT2D eigenvalue weighted by Gasteiger charge is -2.49. The van der Waals surface area contributed by atoms with E-state index in [9.17, 15) is 19.5 Å². The summed E-state index contributed by atoms with van der Waals surface area (Å²) in [6.45, 7) is 6.36. The lowest BCUT2D eigenvalue weighted by Crippen LogP contribution is -2.53. The van der Waals surface area contributed by atoms with Gasteiger partial charge in [0.25, 0.3) is 0 Å². The summed E-state index contributed by atoms with van der Waals surface area (Å²) in [6.07, 6.45) is 4.90. The molecule has 2 saturated heterocycles. The van der Waals surface area contributed by atoms with Crippen LogP contribution in [0.2, 0.25) is 0 Å². The number of ether oxygens (including phenoxy) is 1. The van der Waals surface area contributed by atoms with Crippen molar-refractivity contribution in [3.63, 3.8) is 0 Å². The van der Waals surface area contributed by atoms with Gasteiger partial charge in [0.05, 0.1) is 12.6 Å². The minimum absolute atomic E-state index is 0.0415. The third kappa shape index (κ3) is 6.55. The smallest absolute Gasteiger partial charge is 0.408 e. The Balaban J connectivity index is 1.48. The highest BCUT2D eigenvalue weighted by atomic mass is 16.6. The second-order valence-electron chi connectivity index (χ2n) is 9.91. The van der Waals surface area contributed by atoms with E-state index in [0.717, 1.165) is 38.8 Å². The molecule has 2 heterocycles. The predicted molar refractivity (Wildman–Crippen MR) is 115 cm³/mol. The summed E-state index contributed by atoms with van der Waals surface area (Å²) in [5.74, 6) is -0.419. The van der Waals surface area contributed by atoms with Crippen molar-refractivity contribution >= 4 is 17.9 Å². The number of aliphatic hydroxyl groups is 1. The molecule has 3 fully saturated rings. The van der Waals surface area contributed by atoms with E-state index >= 15 is 0 Å². The van der Waals surface area contributed by atoms with Gasteiger partial charge in [0.1, 0.15) is 12.1 Å². The van der Waals surface area contributed by atoms with Crippen molar-refractivity contribution < 1.29 is 24.2 Å². The fraction of sp³-hybridized carbons (Fsp3) is 0.864. The maximum Gasteiger partial charge on any atom is 0.408 e. The summed E-state index contributed by atoms with van der Waals surface area (Å²) in [6, 6.07) is -1.27. The Bertz CT molecular complexity index is 642. The molecule has 3 rings (SSSR count). The zero-order chi connectivity index (χ0) is 22.4. The number of carbonyl (C=O) groups is 3. The monoisotopic (exact) mass is 438 g/mol. The van der Waals surface area contributed by atoms with Gasteiger partial charge in [-0.2, -0.15) is 0 Å². The Morgan fingerprint density at radius 1 is 1.19 bits per heavy atom. The number of rotatable bonds is 9. The van der Waals surface area contributed by atoms with Crippen LogP contribution in [0, 0.1) is 17.3 Å². The van der Waals surface area contributed by atoms with E-state index < -0.39 is 18.2 Å². The standard InChI is InChI=1S/C22H38N4O5/c1-14(2)9-18(20(29)25-16(13-27)10-15-3-6-24-19(15)28)26-21(30)31-17-11-22(12-17)4-7-23-8-5-22/h14-18,23,27H,3-13H2,1-2H3,(H,24,28)(H,25,29)(H,26,30)/t15-,16-,18-/m0/s1. The number of hydrogen-bond donors (Lipinski definition) is 5. The maximum absolute atomic E-state index is 12.9. The highest BCUT2D eigenvalue weighted by molar-refractivity contribution is 5.86. The van der Waals surface area contributed by atoms with Gasteiger partial charge in [0.15, 0.2) is 0 Å². The minimum Gasteiger partial charge on any atom is -0.446 e. The van der Waals surface area contributed by atoms with Crippen LogP contribution in [0.5, 0.6) is 0 Å². The quantitative estimate of drug-likeness (QED) is 0.360. The fourth-order valence-corrected chi connectivity index (χ4v) is 5.08. The van der Waals surface area contributed by atoms with Crippen LogP contribution in [-0.2, 0) is 14.3 Å². The molecule has 0 aromatic heterocycles. The van der Waals surface area contributed by atoms with Crippen molar-refractivity contribution in [3.8, 4) is 0 Å². The van der Waals surface area contributed by atoms with Gasteiger partial charge < -0.3 is 31.1 Å². The fourth-order valence-electron chi connectivity index (χ4n) is 5.08. The largest absolute Gasteiger partial charge is 0.446 e. The second-order valence-corrected chi connectivity index (χ2v) is 9.91. The molecular weight excluding hydrogens is 400 g/mol. The summed E-state index contributed by atoms with van der Waals surface area (Å²) < 4.78 is 5.58. The normalized spacial score (nSPS) is 24.9. The van der Waals surface area contributed by atoms with Gasteiger partial charge in [-0.15, -0.1) is 0 Å². The highest BCUT2D eigenvalue weighted by Crippen LogP contribution is 2.49. The van der Waals surface area contributed by atoms with Crippen LogP contribution in [0.25, 0.3) is 0 Å². The molecule has 0 aromatic rings. The highest BCUT2D eigenvalue weighted by Gasteiger charge is 2.46. The molecule has 3 atom stereocenters. The molecule has 0 bridgehead atoms. The molecule has 9 nitrogen and oxygen atoms in total. The third-order valence-corrected chi connectivity index (χ3v) is 6.87. The molecule has 0 aromatic carbocycles. The van der Waals surface area contributed by atoms with Crippen molar-refractivity contribution in [3.05, 3.63) is 0 Å². The molecule has 2 aliphatic heterocycles. The van der Waals surface area contributed by atoms with E-state index in [1.54, 1.807) is 0 Å². The number of carbonyl (C=O) groups excluding carboxylic acids is 3. The minimum atomic E-state index is -0.744. The van der Waals surface area contributed by atoms with E-state index in [1.807, 2.05) is 13.8 Å². The van der Waals surface area contributed by atoms with Crippen LogP contribution < -0.4 is 21.3 Å². The van der Waals surface area contributed by atoms with Gasteiger partial charge in [0.2, 0.25) is 11.8 Å². The molecular formula is C22H38N4O5. The van der Waals surface area contributed by atoms with E-state index in [0.29, 0.717) is 31.2 Å². The van der Waals surface area contributed by atoms with Gasteiger partial charge >= 0.3 is 6.09 Å². The average molecular weight is 439 g/mol. The van der Waals surface area contributed by atoms with Crippen LogP contribution in [0.3, 0.4) is 0 Å². The molecule has 1 aliphatic carbocycles. The zero-order valence-corrected chi connectivity index (χ0v) is 18.7. The number of piperidine rings is 1. The van der Waals surface area contributed by atoms with Gasteiger partial charge in [-0.05, 0) is 69.4 Å². The van der Waals surface area contributed by atoms with Crippen molar-refractivity contribution in [2.75, 3.05) is 26.2 Å². The lowest BCUT2D eigenvalue weighted by molar-refractivity contribution is -0.126. The number of nitrogens with one attached hydrogen (secondary N) is 4. The molecule has 1 spiro atoms. The topological polar surface area (TPSA) is 129 Å². The lowest BCUT2D eigenvalue weighted by atomic mass is 9.62. The summed E-state index contributed by atoms with van der Waals surface area (Å²) in [4.78, 5) is 37.1. The molecule has 31 heavy (non-hydrogen) atoms. The van der Waals surface area contributed by atoms with E-state index in [-0.39, 0.29) is 36.4 Å². The maximum atomic E-state index is 12.9. The number of amides is 3. The first-order valence-electron chi connectivity index (χ1n) is 11.7. The van der Waals surface area contributed by atoms with Gasteiger partial charge in [-0.3, -0.25) is 9.59 Å². The van der Waals surface area contributed by atoms with Crippen LogP contribution in [0.4, 0.5) is 4.79 Å². The summed E-state index contributed by atoms with van der Waals surface area (Å²) in [5.41, 5.74) is 0.311. The van der Waals surface area contributed by atoms with E-state index in [4.69, 9.17) is 4.74 Å².